The lowest BCUT2D eigenvalue weighted by Gasteiger charge is -2.30. The third-order valence-corrected chi connectivity index (χ3v) is 8.19. The van der Waals surface area contributed by atoms with Gasteiger partial charge in [-0.25, -0.2) is 18.1 Å². The van der Waals surface area contributed by atoms with Crippen molar-refractivity contribution in [2.75, 3.05) is 25.0 Å². The Morgan fingerprint density at radius 2 is 2.06 bits per heavy atom. The second kappa shape index (κ2) is 10.6. The predicted octanol–water partition coefficient (Wildman–Crippen LogP) is 3.97. The number of benzene rings is 2. The first-order valence-electron chi connectivity index (χ1n) is 11.2. The highest BCUT2D eigenvalue weighted by molar-refractivity contribution is 7.89. The zero-order chi connectivity index (χ0) is 24.1. The van der Waals surface area contributed by atoms with E-state index in [0.29, 0.717) is 10.7 Å². The van der Waals surface area contributed by atoms with Gasteiger partial charge in [0.25, 0.3) is 5.91 Å². The Morgan fingerprint density at radius 3 is 2.79 bits per heavy atom. The monoisotopic (exact) mass is 497 g/mol. The van der Waals surface area contributed by atoms with E-state index in [9.17, 15) is 13.2 Å². The van der Waals surface area contributed by atoms with E-state index in [-0.39, 0.29) is 23.8 Å². The van der Waals surface area contributed by atoms with Gasteiger partial charge < -0.3 is 0 Å². The third kappa shape index (κ3) is 5.98. The number of nitriles is 1. The number of anilines is 1. The first kappa shape index (κ1) is 24.3. The van der Waals surface area contributed by atoms with Crippen LogP contribution in [0.4, 0.5) is 5.13 Å². The van der Waals surface area contributed by atoms with Gasteiger partial charge in [0.1, 0.15) is 0 Å². The molecule has 2 aromatic carbocycles. The lowest BCUT2D eigenvalue weighted by Crippen LogP contribution is -2.33. The van der Waals surface area contributed by atoms with Gasteiger partial charge in [0.05, 0.1) is 21.2 Å². The highest BCUT2D eigenvalue weighted by atomic mass is 32.2. The van der Waals surface area contributed by atoms with Crippen molar-refractivity contribution in [1.29, 1.82) is 5.26 Å². The number of aromatic nitrogens is 1. The zero-order valence-corrected chi connectivity index (χ0v) is 20.6. The highest BCUT2D eigenvalue weighted by Gasteiger charge is 2.18. The molecule has 1 aromatic heterocycles. The van der Waals surface area contributed by atoms with Gasteiger partial charge in [0, 0.05) is 31.6 Å². The fourth-order valence-corrected chi connectivity index (χ4v) is 6.05. The summed E-state index contributed by atoms with van der Waals surface area (Å²) in [4.78, 5) is 19.7. The Bertz CT molecular complexity index is 1310. The number of thiazole rings is 1. The molecule has 34 heavy (non-hydrogen) atoms. The van der Waals surface area contributed by atoms with Crippen LogP contribution in [0.2, 0.25) is 0 Å². The lowest BCUT2D eigenvalue weighted by molar-refractivity contribution is 0.102. The number of sulfonamides is 1. The van der Waals surface area contributed by atoms with Gasteiger partial charge in [-0.3, -0.25) is 15.0 Å². The molecule has 1 aliphatic rings. The fraction of sp³-hybridized carbons (Fsp3) is 0.375. The van der Waals surface area contributed by atoms with Crippen LogP contribution < -0.4 is 10.0 Å². The van der Waals surface area contributed by atoms with Crippen molar-refractivity contribution in [3.63, 3.8) is 0 Å². The Balaban J connectivity index is 1.41. The highest BCUT2D eigenvalue weighted by Crippen LogP contribution is 2.28. The molecule has 0 spiro atoms. The molecule has 1 saturated heterocycles. The average Bonchev–Trinajstić information content (AvgIpc) is 3.21. The molecule has 1 fully saturated rings. The summed E-state index contributed by atoms with van der Waals surface area (Å²) in [5.74, 6) is 0.375. The SMILES string of the molecule is CC1CCCN(Cc2ccc3nc(NC(=O)c4ccc(S(=O)(=O)NCCC#N)cc4)sc3c2)C1. The number of fused-ring (bicyclic) bond motifs is 1. The normalized spacial score (nSPS) is 16.9. The molecular weight excluding hydrogens is 470 g/mol. The first-order valence-corrected chi connectivity index (χ1v) is 13.5. The van der Waals surface area contributed by atoms with Crippen molar-refractivity contribution < 1.29 is 13.2 Å². The first-order chi connectivity index (χ1) is 16.3. The van der Waals surface area contributed by atoms with Crippen molar-refractivity contribution >= 4 is 42.6 Å². The van der Waals surface area contributed by atoms with Gasteiger partial charge in [-0.05, 0) is 67.3 Å². The summed E-state index contributed by atoms with van der Waals surface area (Å²) in [6.07, 6.45) is 2.62. The van der Waals surface area contributed by atoms with E-state index in [1.165, 1.54) is 54.0 Å². The molecule has 0 saturated carbocycles. The number of piperidine rings is 1. The third-order valence-electron chi connectivity index (χ3n) is 5.78. The minimum atomic E-state index is -3.72. The van der Waals surface area contributed by atoms with Crippen LogP contribution in [0.25, 0.3) is 10.2 Å². The number of hydrogen-bond acceptors (Lipinski definition) is 7. The summed E-state index contributed by atoms with van der Waals surface area (Å²) in [6.45, 7) is 5.51. The minimum absolute atomic E-state index is 0.0392. The summed E-state index contributed by atoms with van der Waals surface area (Å²) >= 11 is 1.42. The van der Waals surface area contributed by atoms with Gasteiger partial charge in [-0.1, -0.05) is 24.3 Å². The van der Waals surface area contributed by atoms with Crippen LogP contribution in [-0.2, 0) is 16.6 Å². The van der Waals surface area contributed by atoms with Crippen molar-refractivity contribution in [2.24, 2.45) is 5.92 Å². The molecule has 4 rings (SSSR count). The number of amides is 1. The Morgan fingerprint density at radius 1 is 1.26 bits per heavy atom. The van der Waals surface area contributed by atoms with E-state index in [1.807, 2.05) is 12.1 Å². The molecule has 0 radical (unpaired) electrons. The van der Waals surface area contributed by atoms with Crippen LogP contribution in [0.3, 0.4) is 0 Å². The maximum absolute atomic E-state index is 12.7. The van der Waals surface area contributed by atoms with Crippen LogP contribution in [-0.4, -0.2) is 43.8 Å². The summed E-state index contributed by atoms with van der Waals surface area (Å²) in [5, 5.41) is 11.9. The maximum Gasteiger partial charge on any atom is 0.257 e. The Hall–Kier alpha value is -2.84. The summed E-state index contributed by atoms with van der Waals surface area (Å²) in [6, 6.07) is 13.8. The van der Waals surface area contributed by atoms with Crippen molar-refractivity contribution in [2.45, 2.75) is 37.6 Å². The number of rotatable bonds is 8. The number of likely N-dealkylation sites (tertiary alicyclic amines) is 1. The molecule has 1 unspecified atom stereocenters. The fourth-order valence-electron chi connectivity index (χ4n) is 4.09. The van der Waals surface area contributed by atoms with Crippen molar-refractivity contribution in [1.82, 2.24) is 14.6 Å². The van der Waals surface area contributed by atoms with Crippen molar-refractivity contribution in [3.8, 4) is 6.07 Å². The summed E-state index contributed by atoms with van der Waals surface area (Å²) in [5.41, 5.74) is 2.40. The van der Waals surface area contributed by atoms with Crippen LogP contribution in [0, 0.1) is 17.2 Å². The lowest BCUT2D eigenvalue weighted by atomic mass is 10.00. The summed E-state index contributed by atoms with van der Waals surface area (Å²) in [7, 11) is -3.72. The second-order valence-electron chi connectivity index (χ2n) is 8.59. The Kier molecular flexibility index (Phi) is 7.58. The van der Waals surface area contributed by atoms with Crippen LogP contribution in [0.1, 0.15) is 42.1 Å². The van der Waals surface area contributed by atoms with E-state index >= 15 is 0 Å². The quantitative estimate of drug-likeness (QED) is 0.455. The average molecular weight is 498 g/mol. The van der Waals surface area contributed by atoms with E-state index in [1.54, 1.807) is 0 Å². The molecule has 2 N–H and O–H groups in total. The molecule has 178 valence electrons. The molecule has 8 nitrogen and oxygen atoms in total. The molecule has 10 heteroatoms. The predicted molar refractivity (Wildman–Crippen MR) is 133 cm³/mol. The molecule has 0 bridgehead atoms. The molecule has 1 atom stereocenters. The second-order valence-corrected chi connectivity index (χ2v) is 11.4. The topological polar surface area (TPSA) is 115 Å². The number of nitrogens with one attached hydrogen (secondary N) is 2. The van der Waals surface area contributed by atoms with Gasteiger partial charge in [-0.15, -0.1) is 0 Å². The standard InChI is InChI=1S/C24H27N5O3S2/c1-17-4-2-13-29(15-17)16-18-5-10-21-22(14-18)33-24(27-21)28-23(30)19-6-8-20(9-7-19)34(31,32)26-12-3-11-25/h5-10,14,17,26H,2-4,12-13,15-16H2,1H3,(H,27,28,30). The van der Waals surface area contributed by atoms with Crippen molar-refractivity contribution in [3.05, 3.63) is 53.6 Å². The largest absolute Gasteiger partial charge is 0.299 e. The van der Waals surface area contributed by atoms with E-state index in [2.05, 4.69) is 39.0 Å². The number of carbonyl (C=O) groups excluding carboxylic acids is 1. The minimum Gasteiger partial charge on any atom is -0.299 e. The van der Waals surface area contributed by atoms with Gasteiger partial charge in [-0.2, -0.15) is 5.26 Å². The number of carbonyl (C=O) groups is 1. The van der Waals surface area contributed by atoms with Gasteiger partial charge >= 0.3 is 0 Å². The summed E-state index contributed by atoms with van der Waals surface area (Å²) < 4.78 is 27.8. The number of hydrogen-bond donors (Lipinski definition) is 2. The van der Waals surface area contributed by atoms with Gasteiger partial charge in [0.15, 0.2) is 5.13 Å². The van der Waals surface area contributed by atoms with E-state index in [4.69, 9.17) is 5.26 Å². The van der Waals surface area contributed by atoms with E-state index < -0.39 is 10.0 Å². The molecule has 3 aromatic rings. The molecule has 0 aliphatic carbocycles. The smallest absolute Gasteiger partial charge is 0.257 e. The van der Waals surface area contributed by atoms with E-state index in [0.717, 1.165) is 35.8 Å². The zero-order valence-electron chi connectivity index (χ0n) is 19.0. The Labute approximate surface area is 203 Å². The van der Waals surface area contributed by atoms with Gasteiger partial charge in [0.2, 0.25) is 10.0 Å². The van der Waals surface area contributed by atoms with Crippen LogP contribution in [0.5, 0.6) is 0 Å². The molecule has 1 aliphatic heterocycles. The van der Waals surface area contributed by atoms with Crippen LogP contribution in [0.15, 0.2) is 47.4 Å². The maximum atomic E-state index is 12.7. The van der Waals surface area contributed by atoms with Crippen LogP contribution >= 0.6 is 11.3 Å². The molecule has 1 amide bonds. The molecule has 2 heterocycles. The molecular formula is C24H27N5O3S2. The number of nitrogens with zero attached hydrogens (tertiary/aromatic N) is 3.